The van der Waals surface area contributed by atoms with Gasteiger partial charge in [-0.05, 0) is 17.5 Å². The topological polar surface area (TPSA) is 46.6 Å². The minimum absolute atomic E-state index is 0.0133. The average molecular weight is 307 g/mol. The number of hydrogen-bond acceptors (Lipinski definition) is 3. The summed E-state index contributed by atoms with van der Waals surface area (Å²) < 4.78 is 5.53. The number of nitrogens with zero attached hydrogens (tertiary/aromatic N) is 1. The lowest BCUT2D eigenvalue weighted by Crippen LogP contribution is -2.56. The molecular formula is C19H17NO3. The van der Waals surface area contributed by atoms with E-state index in [1.165, 1.54) is 0 Å². The lowest BCUT2D eigenvalue weighted by Gasteiger charge is -2.45. The van der Waals surface area contributed by atoms with E-state index in [4.69, 9.17) is 4.74 Å². The van der Waals surface area contributed by atoms with E-state index >= 15 is 0 Å². The Morgan fingerprint density at radius 2 is 1.61 bits per heavy atom. The van der Waals surface area contributed by atoms with Crippen LogP contribution in [0.4, 0.5) is 0 Å². The van der Waals surface area contributed by atoms with Crippen LogP contribution in [-0.2, 0) is 19.9 Å². The minimum Gasteiger partial charge on any atom is -0.461 e. The number of cyclic esters (lactones) is 1. The molecule has 4 heteroatoms. The van der Waals surface area contributed by atoms with E-state index in [2.05, 4.69) is 0 Å². The van der Waals surface area contributed by atoms with Crippen molar-refractivity contribution < 1.29 is 14.3 Å². The molecule has 4 nitrogen and oxygen atoms in total. The summed E-state index contributed by atoms with van der Waals surface area (Å²) in [6.45, 7) is 0.211. The summed E-state index contributed by atoms with van der Waals surface area (Å²) in [5, 5.41) is 0. The van der Waals surface area contributed by atoms with Crippen molar-refractivity contribution in [1.29, 1.82) is 0 Å². The molecule has 0 N–H and O–H groups in total. The van der Waals surface area contributed by atoms with Gasteiger partial charge in [0.1, 0.15) is 6.61 Å². The highest BCUT2D eigenvalue weighted by molar-refractivity contribution is 5.94. The molecule has 0 saturated carbocycles. The normalized spacial score (nSPS) is 26.8. The predicted octanol–water partition coefficient (Wildman–Crippen LogP) is 2.80. The molecular weight excluding hydrogens is 290 g/mol. The fourth-order valence-corrected chi connectivity index (χ4v) is 3.77. The molecule has 2 aromatic carbocycles. The molecule has 0 bridgehead atoms. The quantitative estimate of drug-likeness (QED) is 0.802. The van der Waals surface area contributed by atoms with Gasteiger partial charge in [0.15, 0.2) is 5.54 Å². The van der Waals surface area contributed by atoms with Gasteiger partial charge in [0.05, 0.1) is 6.04 Å². The van der Waals surface area contributed by atoms with Crippen molar-refractivity contribution in [2.75, 3.05) is 6.61 Å². The van der Waals surface area contributed by atoms with Crippen LogP contribution < -0.4 is 0 Å². The fourth-order valence-electron chi connectivity index (χ4n) is 3.77. The molecule has 2 saturated heterocycles. The number of ether oxygens (including phenoxy) is 1. The first-order valence-electron chi connectivity index (χ1n) is 7.83. The molecule has 0 aromatic heterocycles. The zero-order valence-corrected chi connectivity index (χ0v) is 12.6. The van der Waals surface area contributed by atoms with Gasteiger partial charge in [0.2, 0.25) is 5.91 Å². The smallest absolute Gasteiger partial charge is 0.336 e. The van der Waals surface area contributed by atoms with Gasteiger partial charge in [-0.15, -0.1) is 0 Å². The molecule has 1 amide bonds. The summed E-state index contributed by atoms with van der Waals surface area (Å²) in [7, 11) is 0. The van der Waals surface area contributed by atoms with Crippen molar-refractivity contribution in [2.45, 2.75) is 24.4 Å². The molecule has 2 aromatic rings. The highest BCUT2D eigenvalue weighted by atomic mass is 16.5. The zero-order valence-electron chi connectivity index (χ0n) is 12.6. The highest BCUT2D eigenvalue weighted by Crippen LogP contribution is 2.48. The maximum absolute atomic E-state index is 12.7. The van der Waals surface area contributed by atoms with Gasteiger partial charge >= 0.3 is 5.97 Å². The summed E-state index contributed by atoms with van der Waals surface area (Å²) >= 11 is 0. The van der Waals surface area contributed by atoms with Crippen LogP contribution in [0.5, 0.6) is 0 Å². The second-order valence-corrected chi connectivity index (χ2v) is 6.01. The number of carbonyl (C=O) groups excluding carboxylic acids is 2. The Hall–Kier alpha value is -2.62. The Kier molecular flexibility index (Phi) is 3.18. The Bertz CT molecular complexity index is 744. The van der Waals surface area contributed by atoms with Crippen LogP contribution in [0.15, 0.2) is 60.7 Å². The van der Waals surface area contributed by atoms with Crippen molar-refractivity contribution in [3.63, 3.8) is 0 Å². The molecule has 2 fully saturated rings. The van der Waals surface area contributed by atoms with Crippen molar-refractivity contribution in [2.24, 2.45) is 0 Å². The van der Waals surface area contributed by atoms with Crippen LogP contribution in [-0.4, -0.2) is 23.4 Å². The van der Waals surface area contributed by atoms with Crippen LogP contribution in [0.2, 0.25) is 0 Å². The van der Waals surface area contributed by atoms with Crippen LogP contribution in [0, 0.1) is 0 Å². The van der Waals surface area contributed by atoms with E-state index in [1.807, 2.05) is 60.7 Å². The number of benzene rings is 2. The molecule has 2 aliphatic heterocycles. The van der Waals surface area contributed by atoms with Gasteiger partial charge in [-0.2, -0.15) is 0 Å². The summed E-state index contributed by atoms with van der Waals surface area (Å²) in [6.07, 6.45) is 0.839. The molecule has 4 rings (SSSR count). The second-order valence-electron chi connectivity index (χ2n) is 6.01. The zero-order chi connectivity index (χ0) is 15.9. The van der Waals surface area contributed by atoms with Gasteiger partial charge in [-0.3, -0.25) is 4.79 Å². The van der Waals surface area contributed by atoms with E-state index in [9.17, 15) is 9.59 Å². The maximum atomic E-state index is 12.7. The van der Waals surface area contributed by atoms with Crippen LogP contribution in [0.25, 0.3) is 0 Å². The second kappa shape index (κ2) is 5.23. The average Bonchev–Trinajstić information content (AvgIpc) is 2.97. The summed E-state index contributed by atoms with van der Waals surface area (Å²) in [6, 6.07) is 19.0. The summed E-state index contributed by atoms with van der Waals surface area (Å²) in [5.41, 5.74) is 0.837. The molecule has 2 aliphatic rings. The SMILES string of the molecule is O=C1CC[C@]2(c3ccccc3)C(=O)OC[C@H](c3ccccc3)N12. The number of fused-ring (bicyclic) bond motifs is 1. The number of esters is 1. The lowest BCUT2D eigenvalue weighted by atomic mass is 9.84. The van der Waals surface area contributed by atoms with Crippen molar-refractivity contribution in [3.05, 3.63) is 71.8 Å². The Balaban J connectivity index is 1.86. The summed E-state index contributed by atoms with van der Waals surface area (Å²) in [4.78, 5) is 27.1. The van der Waals surface area contributed by atoms with Gasteiger partial charge < -0.3 is 9.64 Å². The molecule has 116 valence electrons. The van der Waals surface area contributed by atoms with E-state index in [1.54, 1.807) is 4.90 Å². The standard InChI is InChI=1S/C19H17NO3/c21-17-11-12-19(15-9-5-2-6-10-15)18(22)23-13-16(20(17)19)14-7-3-1-4-8-14/h1-10,16H,11-13H2/t16-,19+/m1/s1. The number of carbonyl (C=O) groups is 2. The van der Waals surface area contributed by atoms with E-state index in [0.29, 0.717) is 12.8 Å². The third-order valence-corrected chi connectivity index (χ3v) is 4.84. The van der Waals surface area contributed by atoms with E-state index in [-0.39, 0.29) is 24.5 Å². The third-order valence-electron chi connectivity index (χ3n) is 4.84. The predicted molar refractivity (Wildman–Crippen MR) is 84.3 cm³/mol. The van der Waals surface area contributed by atoms with Gasteiger partial charge in [0.25, 0.3) is 0 Å². The summed E-state index contributed by atoms with van der Waals surface area (Å²) in [5.74, 6) is -0.305. The number of morpholine rings is 1. The van der Waals surface area contributed by atoms with Gasteiger partial charge in [-0.1, -0.05) is 60.7 Å². The van der Waals surface area contributed by atoms with Crippen molar-refractivity contribution >= 4 is 11.9 Å². The first-order valence-corrected chi connectivity index (χ1v) is 7.83. The van der Waals surface area contributed by atoms with E-state index < -0.39 is 5.54 Å². The highest BCUT2D eigenvalue weighted by Gasteiger charge is 2.58. The van der Waals surface area contributed by atoms with E-state index in [0.717, 1.165) is 11.1 Å². The fraction of sp³-hybridized carbons (Fsp3) is 0.263. The number of amides is 1. The Morgan fingerprint density at radius 1 is 0.957 bits per heavy atom. The number of rotatable bonds is 2. The first-order chi connectivity index (χ1) is 11.2. The molecule has 0 unspecified atom stereocenters. The molecule has 0 radical (unpaired) electrons. The monoisotopic (exact) mass is 307 g/mol. The molecule has 0 spiro atoms. The van der Waals surface area contributed by atoms with Gasteiger partial charge in [-0.25, -0.2) is 4.79 Å². The van der Waals surface area contributed by atoms with Crippen LogP contribution in [0.1, 0.15) is 30.0 Å². The lowest BCUT2D eigenvalue weighted by molar-refractivity contribution is -0.178. The first kappa shape index (κ1) is 14.0. The Morgan fingerprint density at radius 3 is 2.30 bits per heavy atom. The maximum Gasteiger partial charge on any atom is 0.336 e. The third kappa shape index (κ3) is 1.98. The number of hydrogen-bond donors (Lipinski definition) is 0. The minimum atomic E-state index is -0.989. The largest absolute Gasteiger partial charge is 0.461 e. The Labute approximate surface area is 134 Å². The molecule has 23 heavy (non-hydrogen) atoms. The van der Waals surface area contributed by atoms with Crippen LogP contribution >= 0.6 is 0 Å². The van der Waals surface area contributed by atoms with Crippen LogP contribution in [0.3, 0.4) is 0 Å². The molecule has 2 heterocycles. The molecule has 2 atom stereocenters. The van der Waals surface area contributed by atoms with Crippen molar-refractivity contribution in [1.82, 2.24) is 4.90 Å². The molecule has 0 aliphatic carbocycles. The van der Waals surface area contributed by atoms with Crippen molar-refractivity contribution in [3.8, 4) is 0 Å². The van der Waals surface area contributed by atoms with Gasteiger partial charge in [0, 0.05) is 6.42 Å².